The van der Waals surface area contributed by atoms with E-state index in [0.29, 0.717) is 13.2 Å². The fraction of sp³-hybridized carbons (Fsp3) is 0.875. The van der Waals surface area contributed by atoms with Gasteiger partial charge in [-0.25, -0.2) is 0 Å². The van der Waals surface area contributed by atoms with Crippen molar-refractivity contribution >= 4 is 11.9 Å². The summed E-state index contributed by atoms with van der Waals surface area (Å²) in [6.07, 6.45) is 6.82. The van der Waals surface area contributed by atoms with Crippen molar-refractivity contribution in [3.63, 3.8) is 0 Å². The van der Waals surface area contributed by atoms with Crippen LogP contribution in [0.1, 0.15) is 52.4 Å². The minimum Gasteiger partial charge on any atom is -0.465 e. The predicted octanol–water partition coefficient (Wildman–Crippen LogP) is 2.05. The largest absolute Gasteiger partial charge is 0.465 e. The lowest BCUT2D eigenvalue weighted by Gasteiger charge is -2.28. The zero-order chi connectivity index (χ0) is 15.5. The van der Waals surface area contributed by atoms with Crippen LogP contribution in [-0.2, 0) is 14.3 Å². The van der Waals surface area contributed by atoms with Gasteiger partial charge in [-0.15, -0.1) is 0 Å². The van der Waals surface area contributed by atoms with Crippen molar-refractivity contribution in [2.75, 3.05) is 39.3 Å². The molecular formula is C16H30N2O3. The van der Waals surface area contributed by atoms with Gasteiger partial charge in [0.2, 0.25) is 5.91 Å². The Kier molecular flexibility index (Phi) is 9.06. The molecule has 0 bridgehead atoms. The Balaban J connectivity index is 2.47. The van der Waals surface area contributed by atoms with Gasteiger partial charge >= 0.3 is 5.97 Å². The van der Waals surface area contributed by atoms with Crippen LogP contribution in [-0.4, -0.2) is 61.0 Å². The minimum absolute atomic E-state index is 0.148. The topological polar surface area (TPSA) is 49.9 Å². The second-order valence-corrected chi connectivity index (χ2v) is 5.66. The maximum atomic E-state index is 12.4. The third-order valence-electron chi connectivity index (χ3n) is 3.77. The molecular weight excluding hydrogens is 268 g/mol. The SMILES string of the molecule is CCCN(CC(=O)OCC)CC(=O)N1CCCCCCC1. The summed E-state index contributed by atoms with van der Waals surface area (Å²) >= 11 is 0. The van der Waals surface area contributed by atoms with Crippen molar-refractivity contribution < 1.29 is 14.3 Å². The van der Waals surface area contributed by atoms with E-state index < -0.39 is 0 Å². The van der Waals surface area contributed by atoms with Crippen molar-refractivity contribution in [1.29, 1.82) is 0 Å². The van der Waals surface area contributed by atoms with Crippen LogP contribution >= 0.6 is 0 Å². The molecule has 1 aliphatic rings. The van der Waals surface area contributed by atoms with Crippen LogP contribution in [0.25, 0.3) is 0 Å². The molecule has 0 spiro atoms. The number of amides is 1. The van der Waals surface area contributed by atoms with E-state index in [-0.39, 0.29) is 18.4 Å². The molecule has 0 aromatic carbocycles. The summed E-state index contributed by atoms with van der Waals surface area (Å²) in [6.45, 7) is 7.24. The molecule has 1 heterocycles. The minimum atomic E-state index is -0.244. The van der Waals surface area contributed by atoms with E-state index in [4.69, 9.17) is 4.74 Å². The zero-order valence-corrected chi connectivity index (χ0v) is 13.6. The molecule has 0 atom stereocenters. The monoisotopic (exact) mass is 298 g/mol. The molecule has 0 aliphatic carbocycles. The van der Waals surface area contributed by atoms with E-state index in [9.17, 15) is 9.59 Å². The standard InChI is InChI=1S/C16H30N2O3/c1-3-10-17(14-16(20)21-4-2)13-15(19)18-11-8-6-5-7-9-12-18/h3-14H2,1-2H3. The predicted molar refractivity (Wildman–Crippen MR) is 83.0 cm³/mol. The summed E-state index contributed by atoms with van der Waals surface area (Å²) < 4.78 is 4.98. The second-order valence-electron chi connectivity index (χ2n) is 5.66. The molecule has 1 amide bonds. The summed E-state index contributed by atoms with van der Waals surface area (Å²) in [5.41, 5.74) is 0. The van der Waals surface area contributed by atoms with E-state index in [1.54, 1.807) is 6.92 Å². The van der Waals surface area contributed by atoms with Crippen LogP contribution in [0.2, 0.25) is 0 Å². The van der Waals surface area contributed by atoms with Crippen LogP contribution in [0, 0.1) is 0 Å². The van der Waals surface area contributed by atoms with E-state index in [0.717, 1.165) is 38.9 Å². The second kappa shape index (κ2) is 10.6. The van der Waals surface area contributed by atoms with Gasteiger partial charge in [0.15, 0.2) is 0 Å². The van der Waals surface area contributed by atoms with Crippen molar-refractivity contribution in [1.82, 2.24) is 9.80 Å². The van der Waals surface area contributed by atoms with E-state index >= 15 is 0 Å². The Morgan fingerprint density at radius 2 is 1.62 bits per heavy atom. The van der Waals surface area contributed by atoms with Gasteiger partial charge in [-0.2, -0.15) is 0 Å². The zero-order valence-electron chi connectivity index (χ0n) is 13.6. The van der Waals surface area contributed by atoms with Gasteiger partial charge in [-0.05, 0) is 32.7 Å². The van der Waals surface area contributed by atoms with Gasteiger partial charge in [0.1, 0.15) is 0 Å². The number of carbonyl (C=O) groups excluding carboxylic acids is 2. The van der Waals surface area contributed by atoms with Crippen LogP contribution in [0.4, 0.5) is 0 Å². The number of nitrogens with zero attached hydrogens (tertiary/aromatic N) is 2. The molecule has 0 aromatic heterocycles. The summed E-state index contributed by atoms with van der Waals surface area (Å²) in [4.78, 5) is 27.9. The molecule has 0 unspecified atom stereocenters. The first kappa shape index (κ1) is 18.0. The quantitative estimate of drug-likeness (QED) is 0.675. The molecule has 0 N–H and O–H groups in total. The first-order valence-electron chi connectivity index (χ1n) is 8.33. The van der Waals surface area contributed by atoms with Crippen LogP contribution in [0.5, 0.6) is 0 Å². The summed E-state index contributed by atoms with van der Waals surface area (Å²) in [7, 11) is 0. The van der Waals surface area contributed by atoms with Crippen LogP contribution in [0.3, 0.4) is 0 Å². The highest BCUT2D eigenvalue weighted by Crippen LogP contribution is 2.11. The Bertz CT molecular complexity index is 313. The highest BCUT2D eigenvalue weighted by Gasteiger charge is 2.19. The van der Waals surface area contributed by atoms with Gasteiger partial charge < -0.3 is 9.64 Å². The number of ether oxygens (including phenoxy) is 1. The van der Waals surface area contributed by atoms with Gasteiger partial charge in [-0.3, -0.25) is 14.5 Å². The van der Waals surface area contributed by atoms with Crippen LogP contribution < -0.4 is 0 Å². The molecule has 21 heavy (non-hydrogen) atoms. The fourth-order valence-electron chi connectivity index (χ4n) is 2.71. The lowest BCUT2D eigenvalue weighted by atomic mass is 10.1. The maximum absolute atomic E-state index is 12.4. The Morgan fingerprint density at radius 1 is 1.00 bits per heavy atom. The average molecular weight is 298 g/mol. The summed E-state index contributed by atoms with van der Waals surface area (Å²) in [6, 6.07) is 0. The Hall–Kier alpha value is -1.10. The van der Waals surface area contributed by atoms with Gasteiger partial charge in [0.25, 0.3) is 0 Å². The Labute approximate surface area is 128 Å². The number of hydrogen-bond acceptors (Lipinski definition) is 4. The molecule has 0 saturated carbocycles. The normalized spacial score (nSPS) is 16.4. The molecule has 1 saturated heterocycles. The van der Waals surface area contributed by atoms with Crippen molar-refractivity contribution in [2.24, 2.45) is 0 Å². The maximum Gasteiger partial charge on any atom is 0.320 e. The molecule has 1 aliphatic heterocycles. The molecule has 0 aromatic rings. The first-order valence-corrected chi connectivity index (χ1v) is 8.33. The molecule has 5 heteroatoms. The third kappa shape index (κ3) is 7.46. The molecule has 5 nitrogen and oxygen atoms in total. The van der Waals surface area contributed by atoms with Crippen molar-refractivity contribution in [2.45, 2.75) is 52.4 Å². The van der Waals surface area contributed by atoms with Crippen LogP contribution in [0.15, 0.2) is 0 Å². The van der Waals surface area contributed by atoms with E-state index in [1.807, 2.05) is 9.80 Å². The van der Waals surface area contributed by atoms with Gasteiger partial charge in [0.05, 0.1) is 19.7 Å². The number of likely N-dealkylation sites (tertiary alicyclic amines) is 1. The average Bonchev–Trinajstić information content (AvgIpc) is 2.38. The summed E-state index contributed by atoms with van der Waals surface area (Å²) in [5.74, 6) is -0.0962. The van der Waals surface area contributed by atoms with E-state index in [1.165, 1.54) is 19.3 Å². The summed E-state index contributed by atoms with van der Waals surface area (Å²) in [5, 5.41) is 0. The molecule has 0 radical (unpaired) electrons. The highest BCUT2D eigenvalue weighted by atomic mass is 16.5. The van der Waals surface area contributed by atoms with Gasteiger partial charge in [-0.1, -0.05) is 26.2 Å². The molecule has 1 fully saturated rings. The van der Waals surface area contributed by atoms with Crippen molar-refractivity contribution in [3.05, 3.63) is 0 Å². The molecule has 1 rings (SSSR count). The fourth-order valence-corrected chi connectivity index (χ4v) is 2.71. The lowest BCUT2D eigenvalue weighted by Crippen LogP contribution is -2.43. The van der Waals surface area contributed by atoms with Gasteiger partial charge in [0, 0.05) is 13.1 Å². The van der Waals surface area contributed by atoms with E-state index in [2.05, 4.69) is 6.92 Å². The Morgan fingerprint density at radius 3 is 2.19 bits per heavy atom. The number of hydrogen-bond donors (Lipinski definition) is 0. The molecule has 122 valence electrons. The third-order valence-corrected chi connectivity index (χ3v) is 3.77. The number of esters is 1. The van der Waals surface area contributed by atoms with Crippen molar-refractivity contribution in [3.8, 4) is 0 Å². The first-order chi connectivity index (χ1) is 10.2. The highest BCUT2D eigenvalue weighted by molar-refractivity contribution is 5.79. The lowest BCUT2D eigenvalue weighted by molar-refractivity contribution is -0.145. The smallest absolute Gasteiger partial charge is 0.320 e. The number of carbonyl (C=O) groups is 2. The number of rotatable bonds is 7.